The summed E-state index contributed by atoms with van der Waals surface area (Å²) >= 11 is 1.20. The lowest BCUT2D eigenvalue weighted by Crippen LogP contribution is -2.04. The molecule has 0 radical (unpaired) electrons. The van der Waals surface area contributed by atoms with Crippen LogP contribution in [0.1, 0.15) is 10.4 Å². The molecule has 0 aliphatic carbocycles. The molecule has 0 fully saturated rings. The van der Waals surface area contributed by atoms with Crippen LogP contribution in [-0.4, -0.2) is 33.8 Å². The topological polar surface area (TPSA) is 81.0 Å². The van der Waals surface area contributed by atoms with E-state index in [-0.39, 0.29) is 11.5 Å². The highest BCUT2D eigenvalue weighted by Crippen LogP contribution is 2.24. The van der Waals surface area contributed by atoms with Crippen LogP contribution in [0.15, 0.2) is 52.2 Å². The van der Waals surface area contributed by atoms with Gasteiger partial charge in [0, 0.05) is 6.20 Å². The van der Waals surface area contributed by atoms with Crippen LogP contribution < -0.4 is 4.74 Å². The van der Waals surface area contributed by atoms with E-state index < -0.39 is 0 Å². The zero-order valence-electron chi connectivity index (χ0n) is 11.8. The minimum absolute atomic E-state index is 0.0536. The fourth-order valence-corrected chi connectivity index (χ4v) is 2.57. The van der Waals surface area contributed by atoms with Gasteiger partial charge in [-0.1, -0.05) is 23.9 Å². The van der Waals surface area contributed by atoms with Crippen LogP contribution in [0.2, 0.25) is 0 Å². The van der Waals surface area contributed by atoms with E-state index in [2.05, 4.69) is 15.2 Å². The lowest BCUT2D eigenvalue weighted by molar-refractivity contribution is 0.101. The summed E-state index contributed by atoms with van der Waals surface area (Å²) in [6.07, 6.45) is 1.78. The normalized spacial score (nSPS) is 10.6. The number of nitrogens with one attached hydrogen (secondary N) is 1. The number of aromatic amines is 1. The minimum atomic E-state index is -0.0536. The largest absolute Gasteiger partial charge is 0.496 e. The third kappa shape index (κ3) is 3.04. The van der Waals surface area contributed by atoms with Gasteiger partial charge >= 0.3 is 0 Å². The zero-order chi connectivity index (χ0) is 15.4. The molecule has 3 aromatic rings. The lowest BCUT2D eigenvalue weighted by atomic mass is 10.1. The van der Waals surface area contributed by atoms with Crippen LogP contribution in [-0.2, 0) is 0 Å². The van der Waals surface area contributed by atoms with E-state index in [1.807, 2.05) is 18.2 Å². The summed E-state index contributed by atoms with van der Waals surface area (Å²) < 4.78 is 10.7. The molecule has 22 heavy (non-hydrogen) atoms. The van der Waals surface area contributed by atoms with Gasteiger partial charge in [-0.25, -0.2) is 0 Å². The van der Waals surface area contributed by atoms with Crippen molar-refractivity contribution >= 4 is 17.5 Å². The van der Waals surface area contributed by atoms with Crippen molar-refractivity contribution in [1.29, 1.82) is 0 Å². The molecule has 7 heteroatoms. The third-order valence-corrected chi connectivity index (χ3v) is 3.79. The van der Waals surface area contributed by atoms with Crippen LogP contribution in [0.3, 0.4) is 0 Å². The molecular formula is C15H13N3O3S. The Morgan fingerprint density at radius 3 is 2.91 bits per heavy atom. The van der Waals surface area contributed by atoms with Crippen LogP contribution in [0.5, 0.6) is 5.75 Å². The predicted octanol–water partition coefficient (Wildman–Crippen LogP) is 3.05. The molecule has 0 unspecified atom stereocenters. The summed E-state index contributed by atoms with van der Waals surface area (Å²) in [5.74, 6) is 1.11. The van der Waals surface area contributed by atoms with Crippen LogP contribution in [0.25, 0.3) is 11.6 Å². The second-order valence-corrected chi connectivity index (χ2v) is 5.30. The number of H-pyrrole nitrogens is 1. The van der Waals surface area contributed by atoms with Crippen molar-refractivity contribution in [2.75, 3.05) is 12.9 Å². The Morgan fingerprint density at radius 2 is 2.14 bits per heavy atom. The van der Waals surface area contributed by atoms with E-state index in [4.69, 9.17) is 9.15 Å². The number of benzene rings is 1. The van der Waals surface area contributed by atoms with Gasteiger partial charge in [0.15, 0.2) is 5.78 Å². The van der Waals surface area contributed by atoms with Crippen LogP contribution >= 0.6 is 11.8 Å². The van der Waals surface area contributed by atoms with Crippen molar-refractivity contribution < 1.29 is 13.9 Å². The zero-order valence-corrected chi connectivity index (χ0v) is 12.6. The van der Waals surface area contributed by atoms with Gasteiger partial charge < -0.3 is 14.1 Å². The highest BCUT2D eigenvalue weighted by molar-refractivity contribution is 7.99. The standard InChI is InChI=1S/C15H13N3O3S/c1-20-13-7-3-2-5-10(13)12(19)9-22-15-18-17-14(21-15)11-6-4-8-16-11/h2-8,16H,9H2,1H3. The highest BCUT2D eigenvalue weighted by atomic mass is 32.2. The maximum Gasteiger partial charge on any atom is 0.277 e. The predicted molar refractivity (Wildman–Crippen MR) is 82.1 cm³/mol. The van der Waals surface area contributed by atoms with E-state index in [0.717, 1.165) is 5.69 Å². The molecule has 3 rings (SSSR count). The number of aromatic nitrogens is 3. The second kappa shape index (κ2) is 6.48. The molecule has 0 amide bonds. The molecular weight excluding hydrogens is 302 g/mol. The van der Waals surface area contributed by atoms with Crippen molar-refractivity contribution in [3.63, 3.8) is 0 Å². The number of ether oxygens (including phenoxy) is 1. The molecule has 0 aliphatic rings. The number of methoxy groups -OCH3 is 1. The molecule has 1 aromatic carbocycles. The van der Waals surface area contributed by atoms with E-state index in [1.165, 1.54) is 11.8 Å². The van der Waals surface area contributed by atoms with Gasteiger partial charge in [-0.15, -0.1) is 10.2 Å². The van der Waals surface area contributed by atoms with Crippen molar-refractivity contribution in [3.8, 4) is 17.3 Å². The molecule has 0 bridgehead atoms. The average Bonchev–Trinajstić information content (AvgIpc) is 3.23. The fourth-order valence-electron chi connectivity index (χ4n) is 1.92. The van der Waals surface area contributed by atoms with Gasteiger partial charge in [-0.2, -0.15) is 0 Å². The number of Topliss-reactive ketones (excluding diaryl/α,β-unsaturated/α-hetero) is 1. The molecule has 2 heterocycles. The summed E-state index contributed by atoms with van der Waals surface area (Å²) in [6.45, 7) is 0. The molecule has 6 nitrogen and oxygen atoms in total. The number of rotatable bonds is 6. The van der Waals surface area contributed by atoms with Gasteiger partial charge in [0.25, 0.3) is 11.1 Å². The van der Waals surface area contributed by atoms with Gasteiger partial charge in [-0.05, 0) is 24.3 Å². The Balaban J connectivity index is 1.66. The van der Waals surface area contributed by atoms with E-state index in [0.29, 0.717) is 22.4 Å². The molecule has 0 spiro atoms. The molecule has 0 saturated heterocycles. The number of ketones is 1. The first-order valence-corrected chi connectivity index (χ1v) is 7.53. The first-order chi connectivity index (χ1) is 10.8. The highest BCUT2D eigenvalue weighted by Gasteiger charge is 2.15. The third-order valence-electron chi connectivity index (χ3n) is 2.97. The van der Waals surface area contributed by atoms with Gasteiger partial charge in [0.05, 0.1) is 18.4 Å². The summed E-state index contributed by atoms with van der Waals surface area (Å²) in [6, 6.07) is 10.8. The molecule has 0 aliphatic heterocycles. The van der Waals surface area contributed by atoms with E-state index >= 15 is 0 Å². The second-order valence-electron chi connectivity index (χ2n) is 4.37. The first-order valence-electron chi connectivity index (χ1n) is 6.54. The number of hydrogen-bond acceptors (Lipinski definition) is 6. The van der Waals surface area contributed by atoms with Crippen molar-refractivity contribution in [1.82, 2.24) is 15.2 Å². The molecule has 1 N–H and O–H groups in total. The number of carbonyl (C=O) groups is 1. The van der Waals surface area contributed by atoms with Crippen molar-refractivity contribution in [2.24, 2.45) is 0 Å². The smallest absolute Gasteiger partial charge is 0.277 e. The number of thioether (sulfide) groups is 1. The van der Waals surface area contributed by atoms with Crippen LogP contribution in [0.4, 0.5) is 0 Å². The number of nitrogens with zero attached hydrogens (tertiary/aromatic N) is 2. The van der Waals surface area contributed by atoms with Gasteiger partial charge in [0.1, 0.15) is 11.4 Å². The maximum atomic E-state index is 12.2. The van der Waals surface area contributed by atoms with E-state index in [9.17, 15) is 4.79 Å². The monoisotopic (exact) mass is 315 g/mol. The number of carbonyl (C=O) groups excluding carboxylic acids is 1. The fraction of sp³-hybridized carbons (Fsp3) is 0.133. The van der Waals surface area contributed by atoms with Crippen molar-refractivity contribution in [2.45, 2.75) is 5.22 Å². The molecule has 0 saturated carbocycles. The Kier molecular flexibility index (Phi) is 4.24. The summed E-state index contributed by atoms with van der Waals surface area (Å²) in [7, 11) is 1.54. The van der Waals surface area contributed by atoms with Gasteiger partial charge in [-0.3, -0.25) is 4.79 Å². The summed E-state index contributed by atoms with van der Waals surface area (Å²) in [5.41, 5.74) is 1.29. The number of para-hydroxylation sites is 1. The van der Waals surface area contributed by atoms with Crippen LogP contribution in [0, 0.1) is 0 Å². The maximum absolute atomic E-state index is 12.2. The number of hydrogen-bond donors (Lipinski definition) is 1. The quantitative estimate of drug-likeness (QED) is 0.556. The SMILES string of the molecule is COc1ccccc1C(=O)CSc1nnc(-c2ccc[nH]2)o1. The minimum Gasteiger partial charge on any atom is -0.496 e. The molecule has 2 aromatic heterocycles. The molecule has 112 valence electrons. The van der Waals surface area contributed by atoms with E-state index in [1.54, 1.807) is 31.5 Å². The average molecular weight is 315 g/mol. The van der Waals surface area contributed by atoms with Crippen molar-refractivity contribution in [3.05, 3.63) is 48.2 Å². The Hall–Kier alpha value is -2.54. The van der Waals surface area contributed by atoms with Gasteiger partial charge in [0.2, 0.25) is 0 Å². The lowest BCUT2D eigenvalue weighted by Gasteiger charge is -2.05. The Morgan fingerprint density at radius 1 is 1.27 bits per heavy atom. The molecule has 0 atom stereocenters. The summed E-state index contributed by atoms with van der Waals surface area (Å²) in [5, 5.41) is 8.22. The first kappa shape index (κ1) is 14.4. The summed E-state index contributed by atoms with van der Waals surface area (Å²) in [4.78, 5) is 15.2. The Labute approximate surface area is 130 Å². The Bertz CT molecular complexity index is 768.